The van der Waals surface area contributed by atoms with Gasteiger partial charge in [-0.2, -0.15) is 0 Å². The first-order valence-corrected chi connectivity index (χ1v) is 9.75. The Labute approximate surface area is 162 Å². The van der Waals surface area contributed by atoms with Crippen LogP contribution in [0.1, 0.15) is 58.9 Å². The summed E-state index contributed by atoms with van der Waals surface area (Å²) in [5, 5.41) is 2.95. The Morgan fingerprint density at radius 3 is 2.52 bits per heavy atom. The average molecular weight is 376 g/mol. The van der Waals surface area contributed by atoms with E-state index in [1.807, 2.05) is 58.0 Å². The number of nitrogens with zero attached hydrogens (tertiary/aromatic N) is 1. The molecule has 2 rings (SSSR count). The van der Waals surface area contributed by atoms with E-state index >= 15 is 0 Å². The van der Waals surface area contributed by atoms with Gasteiger partial charge in [0.2, 0.25) is 0 Å². The third-order valence-electron chi connectivity index (χ3n) is 4.59. The minimum atomic E-state index is -0.516. The maximum atomic E-state index is 12.5. The number of hydrogen-bond donors (Lipinski definition) is 1. The molecule has 0 unspecified atom stereocenters. The molecule has 0 saturated heterocycles. The quantitative estimate of drug-likeness (QED) is 0.823. The zero-order valence-electron chi connectivity index (χ0n) is 16.9. The van der Waals surface area contributed by atoms with Crippen LogP contribution in [0.3, 0.4) is 0 Å². The molecule has 1 fully saturated rings. The Hall–Kier alpha value is -2.24. The number of hydrogen-bond acceptors (Lipinski definition) is 4. The van der Waals surface area contributed by atoms with Crippen molar-refractivity contribution in [1.29, 1.82) is 0 Å². The van der Waals surface area contributed by atoms with Gasteiger partial charge in [0, 0.05) is 18.6 Å². The van der Waals surface area contributed by atoms with Crippen LogP contribution < -0.4 is 5.32 Å². The van der Waals surface area contributed by atoms with E-state index in [1.54, 1.807) is 4.90 Å². The number of benzene rings is 1. The number of nitrogens with one attached hydrogen (secondary N) is 1. The van der Waals surface area contributed by atoms with Gasteiger partial charge >= 0.3 is 12.2 Å². The minimum absolute atomic E-state index is 0.00325. The molecule has 1 aromatic rings. The molecule has 1 N–H and O–H groups in total. The third kappa shape index (κ3) is 7.12. The summed E-state index contributed by atoms with van der Waals surface area (Å²) in [6.45, 7) is 8.40. The molecule has 1 saturated carbocycles. The molecule has 0 spiro atoms. The zero-order valence-corrected chi connectivity index (χ0v) is 16.9. The van der Waals surface area contributed by atoms with E-state index in [0.29, 0.717) is 13.0 Å². The predicted octanol–water partition coefficient (Wildman–Crippen LogP) is 4.48. The highest BCUT2D eigenvalue weighted by Gasteiger charge is 2.32. The summed E-state index contributed by atoms with van der Waals surface area (Å²) in [5.74, 6) is 0. The molecule has 0 radical (unpaired) electrons. The predicted molar refractivity (Wildman–Crippen MR) is 104 cm³/mol. The van der Waals surface area contributed by atoms with Crippen molar-refractivity contribution in [3.8, 4) is 0 Å². The Kier molecular flexibility index (Phi) is 7.51. The van der Waals surface area contributed by atoms with Crippen LogP contribution in [0.2, 0.25) is 0 Å². The average Bonchev–Trinajstić information content (AvgIpc) is 2.60. The van der Waals surface area contributed by atoms with E-state index in [4.69, 9.17) is 9.47 Å². The van der Waals surface area contributed by atoms with Gasteiger partial charge in [-0.1, -0.05) is 30.3 Å². The topological polar surface area (TPSA) is 67.9 Å². The van der Waals surface area contributed by atoms with Crippen LogP contribution in [0.25, 0.3) is 0 Å². The van der Waals surface area contributed by atoms with Crippen LogP contribution in [-0.4, -0.2) is 41.3 Å². The fourth-order valence-electron chi connectivity index (χ4n) is 3.37. The van der Waals surface area contributed by atoms with E-state index in [2.05, 4.69) is 5.32 Å². The van der Waals surface area contributed by atoms with Crippen molar-refractivity contribution in [2.75, 3.05) is 6.54 Å². The minimum Gasteiger partial charge on any atom is -0.445 e. The third-order valence-corrected chi connectivity index (χ3v) is 4.59. The molecule has 150 valence electrons. The Balaban J connectivity index is 1.85. The van der Waals surface area contributed by atoms with Crippen molar-refractivity contribution >= 4 is 12.2 Å². The molecule has 1 aromatic carbocycles. The normalized spacial score (nSPS) is 19.9. The van der Waals surface area contributed by atoms with Crippen LogP contribution in [0.4, 0.5) is 9.59 Å². The zero-order chi connectivity index (χ0) is 19.9. The summed E-state index contributed by atoms with van der Waals surface area (Å²) >= 11 is 0. The number of ether oxygens (including phenoxy) is 2. The molecule has 6 nitrogen and oxygen atoms in total. The van der Waals surface area contributed by atoms with Gasteiger partial charge in [-0.25, -0.2) is 9.59 Å². The van der Waals surface area contributed by atoms with Crippen LogP contribution >= 0.6 is 0 Å². The lowest BCUT2D eigenvalue weighted by atomic mass is 9.90. The highest BCUT2D eigenvalue weighted by atomic mass is 16.6. The van der Waals surface area contributed by atoms with E-state index < -0.39 is 11.7 Å². The van der Waals surface area contributed by atoms with Crippen molar-refractivity contribution < 1.29 is 19.1 Å². The van der Waals surface area contributed by atoms with Crippen LogP contribution in [0.15, 0.2) is 30.3 Å². The first kappa shape index (κ1) is 21.1. The van der Waals surface area contributed by atoms with Crippen molar-refractivity contribution in [3.63, 3.8) is 0 Å². The summed E-state index contributed by atoms with van der Waals surface area (Å²) in [4.78, 5) is 26.4. The summed E-state index contributed by atoms with van der Waals surface area (Å²) in [7, 11) is 0. The molecule has 0 bridgehead atoms. The lowest BCUT2D eigenvalue weighted by Crippen LogP contribution is -2.49. The molecule has 0 aliphatic heterocycles. The second-order valence-electron chi connectivity index (χ2n) is 7.99. The summed E-state index contributed by atoms with van der Waals surface area (Å²) in [5.41, 5.74) is 0.439. The first-order chi connectivity index (χ1) is 12.8. The number of rotatable bonds is 5. The molecule has 1 aliphatic rings. The van der Waals surface area contributed by atoms with Gasteiger partial charge in [0.15, 0.2) is 0 Å². The Morgan fingerprint density at radius 1 is 1.19 bits per heavy atom. The van der Waals surface area contributed by atoms with Gasteiger partial charge in [-0.15, -0.1) is 0 Å². The fourth-order valence-corrected chi connectivity index (χ4v) is 3.37. The molecule has 0 aromatic heterocycles. The highest BCUT2D eigenvalue weighted by molar-refractivity contribution is 5.69. The van der Waals surface area contributed by atoms with Crippen LogP contribution in [0.5, 0.6) is 0 Å². The second-order valence-corrected chi connectivity index (χ2v) is 7.99. The largest absolute Gasteiger partial charge is 0.445 e. The Bertz CT molecular complexity index is 612. The fraction of sp³-hybridized carbons (Fsp3) is 0.619. The standard InChI is InChI=1S/C21H32N2O4/c1-5-23(20(25)27-21(2,3)4)18-13-9-12-17(14-18)22-19(24)26-15-16-10-7-6-8-11-16/h6-8,10-11,17-18H,5,9,12-15H2,1-4H3,(H,22,24)/t17-,18+/m1/s1. The van der Waals surface area contributed by atoms with Gasteiger partial charge in [0.1, 0.15) is 12.2 Å². The van der Waals surface area contributed by atoms with Gasteiger partial charge in [0.25, 0.3) is 0 Å². The Morgan fingerprint density at radius 2 is 1.89 bits per heavy atom. The van der Waals surface area contributed by atoms with Gasteiger partial charge < -0.3 is 19.7 Å². The molecule has 27 heavy (non-hydrogen) atoms. The molecule has 6 heteroatoms. The van der Waals surface area contributed by atoms with Crippen molar-refractivity contribution in [3.05, 3.63) is 35.9 Å². The smallest absolute Gasteiger partial charge is 0.410 e. The number of alkyl carbamates (subject to hydrolysis) is 1. The maximum absolute atomic E-state index is 12.5. The van der Waals surface area contributed by atoms with Crippen molar-refractivity contribution in [1.82, 2.24) is 10.2 Å². The molecule has 0 heterocycles. The summed E-state index contributed by atoms with van der Waals surface area (Å²) in [6, 6.07) is 9.67. The monoisotopic (exact) mass is 376 g/mol. The van der Waals surface area contributed by atoms with Gasteiger partial charge in [-0.05, 0) is 58.9 Å². The van der Waals surface area contributed by atoms with Gasteiger partial charge in [0.05, 0.1) is 0 Å². The molecule has 2 atom stereocenters. The SMILES string of the molecule is CCN(C(=O)OC(C)(C)C)[C@H]1CCC[C@@H](NC(=O)OCc2ccccc2)C1. The summed E-state index contributed by atoms with van der Waals surface area (Å²) in [6.07, 6.45) is 2.78. The number of carbonyl (C=O) groups is 2. The highest BCUT2D eigenvalue weighted by Crippen LogP contribution is 2.25. The van der Waals surface area contributed by atoms with E-state index in [0.717, 1.165) is 24.8 Å². The van der Waals surface area contributed by atoms with Gasteiger partial charge in [-0.3, -0.25) is 0 Å². The molecule has 1 aliphatic carbocycles. The second kappa shape index (κ2) is 9.62. The number of amides is 2. The van der Waals surface area contributed by atoms with E-state index in [-0.39, 0.29) is 24.8 Å². The van der Waals surface area contributed by atoms with Crippen LogP contribution in [0, 0.1) is 0 Å². The first-order valence-electron chi connectivity index (χ1n) is 9.75. The van der Waals surface area contributed by atoms with Crippen molar-refractivity contribution in [2.24, 2.45) is 0 Å². The number of carbonyl (C=O) groups excluding carboxylic acids is 2. The lowest BCUT2D eigenvalue weighted by Gasteiger charge is -2.37. The molecular weight excluding hydrogens is 344 g/mol. The van der Waals surface area contributed by atoms with E-state index in [1.165, 1.54) is 0 Å². The summed E-state index contributed by atoms with van der Waals surface area (Å²) < 4.78 is 10.8. The van der Waals surface area contributed by atoms with E-state index in [9.17, 15) is 9.59 Å². The maximum Gasteiger partial charge on any atom is 0.410 e. The molecule has 2 amide bonds. The van der Waals surface area contributed by atoms with Crippen LogP contribution in [-0.2, 0) is 16.1 Å². The van der Waals surface area contributed by atoms with Crippen molar-refractivity contribution in [2.45, 2.75) is 77.7 Å². The molecular formula is C21H32N2O4. The lowest BCUT2D eigenvalue weighted by molar-refractivity contribution is 0.0121.